The number of anilines is 1. The van der Waals surface area contributed by atoms with E-state index in [4.69, 9.17) is 10.5 Å². The van der Waals surface area contributed by atoms with Gasteiger partial charge in [0.05, 0.1) is 12.2 Å². The lowest BCUT2D eigenvalue weighted by Gasteiger charge is -2.46. The molecule has 0 spiro atoms. The minimum atomic E-state index is -2.63. The predicted octanol–water partition coefficient (Wildman–Crippen LogP) is 1.52. The number of ketones is 2. The monoisotopic (exact) mass is 543 g/mol. The summed E-state index contributed by atoms with van der Waals surface area (Å²) in [5.41, 5.74) is 2.90. The van der Waals surface area contributed by atoms with E-state index in [1.807, 2.05) is 6.92 Å². The van der Waals surface area contributed by atoms with E-state index in [-0.39, 0.29) is 54.9 Å². The van der Waals surface area contributed by atoms with Gasteiger partial charge >= 0.3 is 6.09 Å². The fourth-order valence-corrected chi connectivity index (χ4v) is 5.78. The molecule has 1 aromatic carbocycles. The summed E-state index contributed by atoms with van der Waals surface area (Å²) in [6.45, 7) is 2.06. The van der Waals surface area contributed by atoms with Gasteiger partial charge in [0.1, 0.15) is 22.8 Å². The largest absolute Gasteiger partial charge is 0.508 e. The van der Waals surface area contributed by atoms with Crippen LogP contribution in [0.1, 0.15) is 49.3 Å². The van der Waals surface area contributed by atoms with Crippen LogP contribution in [0.25, 0.3) is 5.76 Å². The van der Waals surface area contributed by atoms with E-state index < -0.39 is 58.1 Å². The van der Waals surface area contributed by atoms with E-state index >= 15 is 0 Å². The number of hydrogen-bond acceptors (Lipinski definition) is 10. The number of phenols is 1. The van der Waals surface area contributed by atoms with E-state index in [9.17, 15) is 39.6 Å². The fourth-order valence-electron chi connectivity index (χ4n) is 5.78. The molecule has 3 atom stereocenters. The van der Waals surface area contributed by atoms with Gasteiger partial charge in [0.15, 0.2) is 11.4 Å². The Bertz CT molecular complexity index is 1330. The topological polar surface area (TPSA) is 200 Å². The number of primary amides is 1. The zero-order valence-electron chi connectivity index (χ0n) is 22.0. The number of alkyl carbamates (subject to hydrolysis) is 1. The number of aliphatic hydroxyl groups is 3. The quantitative estimate of drug-likeness (QED) is 0.216. The second kappa shape index (κ2) is 10.3. The number of ether oxygens (including phenoxy) is 1. The summed E-state index contributed by atoms with van der Waals surface area (Å²) >= 11 is 0. The van der Waals surface area contributed by atoms with Crippen LogP contribution in [0, 0.1) is 11.8 Å². The van der Waals surface area contributed by atoms with Crippen LogP contribution in [0.15, 0.2) is 23.0 Å². The average molecular weight is 544 g/mol. The maximum absolute atomic E-state index is 13.7. The Hall–Kier alpha value is -4.06. The molecule has 0 saturated heterocycles. The summed E-state index contributed by atoms with van der Waals surface area (Å²) in [5.74, 6) is -6.86. The summed E-state index contributed by atoms with van der Waals surface area (Å²) in [5, 5.41) is 47.2. The van der Waals surface area contributed by atoms with Gasteiger partial charge in [0.2, 0.25) is 5.78 Å². The van der Waals surface area contributed by atoms with Gasteiger partial charge < -0.3 is 41.1 Å². The number of unbranched alkanes of at least 4 members (excludes halogenated alkanes) is 1. The molecule has 2 amide bonds. The SMILES string of the molecule is CCCCOC(=O)NCc1cc(N(C)C)c2c(c1O)C(O)=C1C(=O)C3(O)C(O)=C(C(N)=O)C(=O)CC3CC1C2. The van der Waals surface area contributed by atoms with Gasteiger partial charge in [-0.15, -0.1) is 0 Å². The van der Waals surface area contributed by atoms with Crippen LogP contribution in [-0.2, 0) is 32.1 Å². The summed E-state index contributed by atoms with van der Waals surface area (Å²) < 4.78 is 5.09. The molecule has 1 saturated carbocycles. The molecule has 0 bridgehead atoms. The molecule has 1 fully saturated rings. The zero-order chi connectivity index (χ0) is 28.8. The number of aliphatic hydroxyl groups excluding tert-OH is 2. The number of nitrogens with two attached hydrogens (primary N) is 1. The molecule has 3 aliphatic rings. The van der Waals surface area contributed by atoms with Gasteiger partial charge in [0.25, 0.3) is 5.91 Å². The van der Waals surface area contributed by atoms with Crippen LogP contribution < -0.4 is 16.0 Å². The summed E-state index contributed by atoms with van der Waals surface area (Å²) in [6, 6.07) is 1.66. The van der Waals surface area contributed by atoms with Crippen molar-refractivity contribution in [2.24, 2.45) is 17.6 Å². The number of carbonyl (C=O) groups excluding carboxylic acids is 4. The maximum atomic E-state index is 13.7. The number of phenolic OH excluding ortho intramolecular Hbond substituents is 1. The smallest absolute Gasteiger partial charge is 0.407 e. The van der Waals surface area contributed by atoms with Gasteiger partial charge in [-0.05, 0) is 36.8 Å². The fraction of sp³-hybridized carbons (Fsp3) is 0.481. The van der Waals surface area contributed by atoms with Crippen LogP contribution in [0.5, 0.6) is 5.75 Å². The Morgan fingerprint density at radius 2 is 1.90 bits per heavy atom. The van der Waals surface area contributed by atoms with Crippen LogP contribution >= 0.6 is 0 Å². The van der Waals surface area contributed by atoms with Crippen molar-refractivity contribution in [3.63, 3.8) is 0 Å². The second-order valence-electron chi connectivity index (χ2n) is 10.4. The number of nitrogens with zero attached hydrogens (tertiary/aromatic N) is 1. The number of benzene rings is 1. The number of carbonyl (C=O) groups is 4. The molecule has 7 N–H and O–H groups in total. The first-order valence-corrected chi connectivity index (χ1v) is 12.8. The van der Waals surface area contributed by atoms with Crippen molar-refractivity contribution >= 4 is 35.0 Å². The molecule has 0 radical (unpaired) electrons. The Kier molecular flexibility index (Phi) is 7.35. The minimum absolute atomic E-state index is 0.0375. The van der Waals surface area contributed by atoms with E-state index in [2.05, 4.69) is 5.32 Å². The third-order valence-electron chi connectivity index (χ3n) is 7.76. The molecule has 0 aliphatic heterocycles. The molecule has 1 aromatic rings. The maximum Gasteiger partial charge on any atom is 0.407 e. The third-order valence-corrected chi connectivity index (χ3v) is 7.76. The molecule has 3 unspecified atom stereocenters. The first kappa shape index (κ1) is 28.0. The summed E-state index contributed by atoms with van der Waals surface area (Å²) in [7, 11) is 3.52. The highest BCUT2D eigenvalue weighted by atomic mass is 16.5. The van der Waals surface area contributed by atoms with Crippen LogP contribution in [0.2, 0.25) is 0 Å². The number of nitrogens with one attached hydrogen (secondary N) is 1. The number of rotatable bonds is 7. The van der Waals surface area contributed by atoms with E-state index in [1.54, 1.807) is 25.1 Å². The lowest BCUT2D eigenvalue weighted by atomic mass is 9.59. The van der Waals surface area contributed by atoms with Gasteiger partial charge in [-0.2, -0.15) is 0 Å². The van der Waals surface area contributed by atoms with E-state index in [0.29, 0.717) is 17.7 Å². The van der Waals surface area contributed by atoms with Crippen molar-refractivity contribution in [3.8, 4) is 5.75 Å². The molecular weight excluding hydrogens is 510 g/mol. The predicted molar refractivity (Wildman–Crippen MR) is 139 cm³/mol. The Balaban J connectivity index is 1.80. The molecular formula is C27H33N3O9. The highest BCUT2D eigenvalue weighted by molar-refractivity contribution is 6.22. The molecule has 4 rings (SSSR count). The van der Waals surface area contributed by atoms with E-state index in [1.165, 1.54) is 0 Å². The van der Waals surface area contributed by atoms with Crippen molar-refractivity contribution in [1.82, 2.24) is 5.32 Å². The number of amides is 2. The minimum Gasteiger partial charge on any atom is -0.508 e. The normalized spacial score (nSPS) is 24.1. The molecule has 39 heavy (non-hydrogen) atoms. The first-order valence-electron chi connectivity index (χ1n) is 12.8. The molecule has 0 aromatic heterocycles. The van der Waals surface area contributed by atoms with Crippen LogP contribution in [0.4, 0.5) is 10.5 Å². The van der Waals surface area contributed by atoms with Crippen molar-refractivity contribution in [3.05, 3.63) is 39.7 Å². The number of aromatic hydroxyl groups is 1. The molecule has 210 valence electrons. The van der Waals surface area contributed by atoms with Crippen molar-refractivity contribution in [1.29, 1.82) is 0 Å². The molecule has 12 nitrogen and oxygen atoms in total. The van der Waals surface area contributed by atoms with Gasteiger partial charge in [-0.25, -0.2) is 4.79 Å². The number of fused-ring (bicyclic) bond motifs is 3. The summed E-state index contributed by atoms with van der Waals surface area (Å²) in [6.07, 6.45) is 0.719. The Morgan fingerprint density at radius 3 is 2.51 bits per heavy atom. The van der Waals surface area contributed by atoms with E-state index in [0.717, 1.165) is 6.42 Å². The zero-order valence-corrected chi connectivity index (χ0v) is 22.0. The van der Waals surface area contributed by atoms with Gasteiger partial charge in [-0.3, -0.25) is 14.4 Å². The molecule has 0 heterocycles. The average Bonchev–Trinajstić information content (AvgIpc) is 2.85. The number of hydrogen-bond donors (Lipinski definition) is 6. The lowest BCUT2D eigenvalue weighted by Crippen LogP contribution is -2.58. The van der Waals surface area contributed by atoms with Crippen molar-refractivity contribution in [2.75, 3.05) is 25.6 Å². The molecule has 3 aliphatic carbocycles. The lowest BCUT2D eigenvalue weighted by molar-refractivity contribution is -0.147. The second-order valence-corrected chi connectivity index (χ2v) is 10.4. The van der Waals surface area contributed by atoms with Crippen molar-refractivity contribution < 1.29 is 44.3 Å². The van der Waals surface area contributed by atoms with Crippen LogP contribution in [0.3, 0.4) is 0 Å². The third kappa shape index (κ3) is 4.48. The molecule has 12 heteroatoms. The summed E-state index contributed by atoms with van der Waals surface area (Å²) in [4.78, 5) is 51.8. The van der Waals surface area contributed by atoms with Gasteiger partial charge in [-0.1, -0.05) is 13.3 Å². The van der Waals surface area contributed by atoms with Crippen molar-refractivity contribution in [2.45, 2.75) is 51.2 Å². The van der Waals surface area contributed by atoms with Gasteiger partial charge in [0, 0.05) is 49.8 Å². The highest BCUT2D eigenvalue weighted by Gasteiger charge is 2.60. The highest BCUT2D eigenvalue weighted by Crippen LogP contribution is 2.53. The standard InChI is InChI=1S/C27H33N3O9/c1-4-5-6-39-26(37)29-11-13-9-16(30(2)3)15-8-12-7-14-10-17(31)20(25(28)36)24(35)27(14,38)23(34)18(12)22(33)19(15)21(13)32/h9,12,14,32-33,35,38H,4-8,10-11H2,1-3H3,(H2,28,36)(H,29,37). The Labute approximate surface area is 224 Å². The Morgan fingerprint density at radius 1 is 1.21 bits per heavy atom. The number of Topliss-reactive ketones (excluding diaryl/α,β-unsaturated/α-hetero) is 2. The van der Waals surface area contributed by atoms with Crippen LogP contribution in [-0.4, -0.2) is 70.3 Å². The first-order chi connectivity index (χ1) is 18.3.